The van der Waals surface area contributed by atoms with Crippen LogP contribution in [0.1, 0.15) is 39.2 Å². The predicted octanol–water partition coefficient (Wildman–Crippen LogP) is 3.20. The van der Waals surface area contributed by atoms with Crippen molar-refractivity contribution < 1.29 is 4.79 Å². The molecule has 1 fully saturated rings. The van der Waals surface area contributed by atoms with Gasteiger partial charge in [-0.15, -0.1) is 0 Å². The van der Waals surface area contributed by atoms with Gasteiger partial charge in [0.05, 0.1) is 6.54 Å². The largest absolute Gasteiger partial charge is 0.359 e. The van der Waals surface area contributed by atoms with Gasteiger partial charge in [0.15, 0.2) is 5.78 Å². The molecule has 2 rings (SSSR count). The molecule has 1 aliphatic heterocycles. The molecule has 0 spiro atoms. The zero-order valence-corrected chi connectivity index (χ0v) is 11.0. The summed E-state index contributed by atoms with van der Waals surface area (Å²) in [5, 5.41) is 0. The van der Waals surface area contributed by atoms with Crippen LogP contribution in [0.4, 0.5) is 5.69 Å². The maximum absolute atomic E-state index is 11.7. The summed E-state index contributed by atoms with van der Waals surface area (Å²) >= 11 is 0. The number of hydrogen-bond acceptors (Lipinski definition) is 2. The number of para-hydroxylation sites is 1. The molecule has 1 aromatic rings. The molecule has 0 atom stereocenters. The van der Waals surface area contributed by atoms with E-state index in [2.05, 4.69) is 49.9 Å². The first-order valence-corrected chi connectivity index (χ1v) is 6.42. The van der Waals surface area contributed by atoms with E-state index in [1.807, 2.05) is 0 Å². The topological polar surface area (TPSA) is 20.3 Å². The van der Waals surface area contributed by atoms with E-state index in [1.54, 1.807) is 0 Å². The van der Waals surface area contributed by atoms with Crippen molar-refractivity contribution in [3.63, 3.8) is 0 Å². The van der Waals surface area contributed by atoms with Crippen LogP contribution in [0.3, 0.4) is 0 Å². The molecule has 1 aromatic carbocycles. The Morgan fingerprint density at radius 3 is 2.71 bits per heavy atom. The Balaban J connectivity index is 2.39. The highest BCUT2D eigenvalue weighted by molar-refractivity contribution is 5.85. The van der Waals surface area contributed by atoms with E-state index < -0.39 is 0 Å². The fourth-order valence-electron chi connectivity index (χ4n) is 2.53. The first kappa shape index (κ1) is 12.2. The number of aryl methyl sites for hydroxylation is 1. The minimum Gasteiger partial charge on any atom is -0.359 e. The van der Waals surface area contributed by atoms with Gasteiger partial charge in [0, 0.05) is 17.6 Å². The molecule has 0 radical (unpaired) electrons. The number of anilines is 1. The lowest BCUT2D eigenvalue weighted by Gasteiger charge is -2.44. The summed E-state index contributed by atoms with van der Waals surface area (Å²) < 4.78 is 0. The zero-order valence-electron chi connectivity index (χ0n) is 11.0. The summed E-state index contributed by atoms with van der Waals surface area (Å²) in [5.41, 5.74) is 2.64. The molecule has 0 aliphatic carbocycles. The molecular formula is C15H21NO. The average Bonchev–Trinajstić information content (AvgIpc) is 2.32. The van der Waals surface area contributed by atoms with Crippen LogP contribution in [0, 0.1) is 0 Å². The minimum absolute atomic E-state index is 0.0825. The number of hydrogen-bond donors (Lipinski definition) is 0. The summed E-state index contributed by atoms with van der Waals surface area (Å²) in [6, 6.07) is 8.43. The van der Waals surface area contributed by atoms with E-state index in [-0.39, 0.29) is 5.54 Å². The first-order valence-electron chi connectivity index (χ1n) is 6.42. The molecule has 1 aliphatic rings. The second-order valence-corrected chi connectivity index (χ2v) is 5.42. The number of Topliss-reactive ketones (excluding diaryl/α,β-unsaturated/α-hetero) is 1. The average molecular weight is 231 g/mol. The van der Waals surface area contributed by atoms with Crippen LogP contribution in [0.5, 0.6) is 0 Å². The number of nitrogens with zero attached hydrogens (tertiary/aromatic N) is 1. The van der Waals surface area contributed by atoms with Crippen LogP contribution >= 0.6 is 0 Å². The van der Waals surface area contributed by atoms with Crippen molar-refractivity contribution in [1.29, 1.82) is 0 Å². The molecule has 0 aromatic heterocycles. The van der Waals surface area contributed by atoms with Gasteiger partial charge in [-0.2, -0.15) is 0 Å². The molecule has 0 amide bonds. The lowest BCUT2D eigenvalue weighted by Crippen LogP contribution is -2.51. The van der Waals surface area contributed by atoms with Crippen LogP contribution < -0.4 is 4.90 Å². The van der Waals surface area contributed by atoms with E-state index in [1.165, 1.54) is 11.3 Å². The molecule has 17 heavy (non-hydrogen) atoms. The quantitative estimate of drug-likeness (QED) is 0.779. The third-order valence-electron chi connectivity index (χ3n) is 3.74. The summed E-state index contributed by atoms with van der Waals surface area (Å²) in [4.78, 5) is 14.0. The molecule has 92 valence electrons. The van der Waals surface area contributed by atoms with Gasteiger partial charge in [0.2, 0.25) is 0 Å². The van der Waals surface area contributed by atoms with Gasteiger partial charge in [-0.3, -0.25) is 4.79 Å². The second-order valence-electron chi connectivity index (χ2n) is 5.42. The number of piperidine rings is 1. The second kappa shape index (κ2) is 4.52. The van der Waals surface area contributed by atoms with Crippen molar-refractivity contribution in [2.24, 2.45) is 0 Å². The highest BCUT2D eigenvalue weighted by atomic mass is 16.1. The van der Waals surface area contributed by atoms with Crippen molar-refractivity contribution in [3.05, 3.63) is 29.8 Å². The Bertz CT molecular complexity index is 423. The van der Waals surface area contributed by atoms with Gasteiger partial charge in [0.25, 0.3) is 0 Å². The molecule has 2 heteroatoms. The van der Waals surface area contributed by atoms with E-state index >= 15 is 0 Å². The van der Waals surface area contributed by atoms with Gasteiger partial charge < -0.3 is 4.90 Å². The van der Waals surface area contributed by atoms with Crippen LogP contribution in [0.2, 0.25) is 0 Å². The van der Waals surface area contributed by atoms with E-state index in [9.17, 15) is 4.79 Å². The smallest absolute Gasteiger partial charge is 0.152 e. The summed E-state index contributed by atoms with van der Waals surface area (Å²) in [6.07, 6.45) is 2.68. The molecule has 2 nitrogen and oxygen atoms in total. The highest BCUT2D eigenvalue weighted by Gasteiger charge is 2.34. The Hall–Kier alpha value is -1.31. The third kappa shape index (κ3) is 2.36. The van der Waals surface area contributed by atoms with Crippen molar-refractivity contribution in [3.8, 4) is 0 Å². The highest BCUT2D eigenvalue weighted by Crippen LogP contribution is 2.33. The molecule has 0 unspecified atom stereocenters. The summed E-state index contributed by atoms with van der Waals surface area (Å²) in [7, 11) is 0. The molecule has 1 saturated heterocycles. The van der Waals surface area contributed by atoms with Crippen molar-refractivity contribution >= 4 is 11.5 Å². The van der Waals surface area contributed by atoms with E-state index in [0.29, 0.717) is 12.3 Å². The normalized spacial score (nSPS) is 19.5. The Labute approximate surface area is 104 Å². The molecular weight excluding hydrogens is 210 g/mol. The van der Waals surface area contributed by atoms with Gasteiger partial charge in [-0.1, -0.05) is 25.1 Å². The van der Waals surface area contributed by atoms with E-state index in [4.69, 9.17) is 0 Å². The van der Waals surface area contributed by atoms with Crippen LogP contribution in [0.15, 0.2) is 24.3 Å². The number of ketones is 1. The lowest BCUT2D eigenvalue weighted by molar-refractivity contribution is -0.119. The van der Waals surface area contributed by atoms with E-state index in [0.717, 1.165) is 19.3 Å². The number of carbonyl (C=O) groups is 1. The molecule has 0 N–H and O–H groups in total. The summed E-state index contributed by atoms with van der Waals surface area (Å²) in [5.74, 6) is 0.357. The van der Waals surface area contributed by atoms with Gasteiger partial charge in [0.1, 0.15) is 0 Å². The lowest BCUT2D eigenvalue weighted by atomic mass is 9.88. The maximum Gasteiger partial charge on any atom is 0.152 e. The number of rotatable bonds is 2. The Morgan fingerprint density at radius 2 is 2.00 bits per heavy atom. The van der Waals surface area contributed by atoms with Gasteiger partial charge in [-0.05, 0) is 38.3 Å². The Kier molecular flexibility index (Phi) is 3.23. The fraction of sp³-hybridized carbons (Fsp3) is 0.533. The molecule has 1 heterocycles. The Morgan fingerprint density at radius 1 is 1.29 bits per heavy atom. The zero-order chi connectivity index (χ0) is 12.5. The standard InChI is InChI=1S/C15H21NO/c1-4-12-7-5-6-8-14(12)16-11-13(17)9-10-15(16,2)3/h5-8H,4,9-11H2,1-3H3. The summed E-state index contributed by atoms with van der Waals surface area (Å²) in [6.45, 7) is 7.18. The third-order valence-corrected chi connectivity index (χ3v) is 3.74. The number of benzene rings is 1. The van der Waals surface area contributed by atoms with Crippen molar-refractivity contribution in [2.45, 2.75) is 45.6 Å². The van der Waals surface area contributed by atoms with Crippen LogP contribution in [-0.4, -0.2) is 17.9 Å². The van der Waals surface area contributed by atoms with Gasteiger partial charge >= 0.3 is 0 Å². The van der Waals surface area contributed by atoms with Crippen molar-refractivity contribution in [2.75, 3.05) is 11.4 Å². The molecule has 0 bridgehead atoms. The maximum atomic E-state index is 11.7. The predicted molar refractivity (Wildman–Crippen MR) is 71.5 cm³/mol. The molecule has 0 saturated carbocycles. The van der Waals surface area contributed by atoms with Crippen LogP contribution in [-0.2, 0) is 11.2 Å². The minimum atomic E-state index is 0.0825. The monoisotopic (exact) mass is 231 g/mol. The SMILES string of the molecule is CCc1ccccc1N1CC(=O)CCC1(C)C. The first-order chi connectivity index (χ1) is 8.04. The van der Waals surface area contributed by atoms with Crippen molar-refractivity contribution in [1.82, 2.24) is 0 Å². The fourth-order valence-corrected chi connectivity index (χ4v) is 2.53. The number of carbonyl (C=O) groups excluding carboxylic acids is 1. The van der Waals surface area contributed by atoms with Gasteiger partial charge in [-0.25, -0.2) is 0 Å². The van der Waals surface area contributed by atoms with Crippen LogP contribution in [0.25, 0.3) is 0 Å².